The van der Waals surface area contributed by atoms with Crippen LogP contribution in [0.3, 0.4) is 0 Å². The van der Waals surface area contributed by atoms with Crippen molar-refractivity contribution in [1.29, 1.82) is 0 Å². The predicted octanol–water partition coefficient (Wildman–Crippen LogP) is 2.15. The molecule has 9 nitrogen and oxygen atoms in total. The van der Waals surface area contributed by atoms with Crippen molar-refractivity contribution < 1.29 is 23.9 Å². The van der Waals surface area contributed by atoms with Crippen LogP contribution in [0.2, 0.25) is 0 Å². The molecular weight excluding hydrogens is 424 g/mol. The van der Waals surface area contributed by atoms with Crippen molar-refractivity contribution in [2.45, 2.75) is 31.5 Å². The number of carbonyl (C=O) groups excluding carboxylic acids is 3. The van der Waals surface area contributed by atoms with Gasteiger partial charge in [-0.25, -0.2) is 14.6 Å². The summed E-state index contributed by atoms with van der Waals surface area (Å²) in [5, 5.41) is 5.29. The highest BCUT2D eigenvalue weighted by Gasteiger charge is 2.28. The summed E-state index contributed by atoms with van der Waals surface area (Å²) in [6.07, 6.45) is 2.68. The fraction of sp³-hybridized carbons (Fsp3) is 0.250. The Morgan fingerprint density at radius 1 is 0.909 bits per heavy atom. The summed E-state index contributed by atoms with van der Waals surface area (Å²) < 4.78 is 10.1. The number of ether oxygens (including phenoxy) is 2. The molecule has 0 aliphatic carbocycles. The molecule has 1 unspecified atom stereocenters. The number of alkyl carbamates (subject to hydrolysis) is 1. The van der Waals surface area contributed by atoms with Gasteiger partial charge in [0.05, 0.1) is 13.4 Å². The number of H-pyrrole nitrogens is 1. The molecular formula is C24H26N4O5. The van der Waals surface area contributed by atoms with Gasteiger partial charge < -0.3 is 25.1 Å². The minimum absolute atomic E-state index is 0.0664. The maximum absolute atomic E-state index is 13.1. The van der Waals surface area contributed by atoms with Crippen molar-refractivity contribution >= 4 is 18.0 Å². The molecule has 0 fully saturated rings. The summed E-state index contributed by atoms with van der Waals surface area (Å²) in [5.41, 5.74) is 2.31. The van der Waals surface area contributed by atoms with Gasteiger partial charge in [0.25, 0.3) is 0 Å². The summed E-state index contributed by atoms with van der Waals surface area (Å²) >= 11 is 0. The minimum Gasteiger partial charge on any atom is -0.467 e. The number of hydrogen-bond donors (Lipinski definition) is 3. The van der Waals surface area contributed by atoms with Crippen molar-refractivity contribution in [1.82, 2.24) is 20.6 Å². The molecule has 0 spiro atoms. The average Bonchev–Trinajstić information content (AvgIpc) is 3.36. The van der Waals surface area contributed by atoms with E-state index in [2.05, 4.69) is 20.6 Å². The number of nitrogens with zero attached hydrogens (tertiary/aromatic N) is 1. The van der Waals surface area contributed by atoms with Crippen LogP contribution in [0.15, 0.2) is 73.2 Å². The number of aromatic nitrogens is 2. The highest BCUT2D eigenvalue weighted by Crippen LogP contribution is 2.07. The van der Waals surface area contributed by atoms with E-state index in [1.165, 1.54) is 13.4 Å². The number of nitrogens with one attached hydrogen (secondary N) is 3. The summed E-state index contributed by atoms with van der Waals surface area (Å²) in [5.74, 6) is -1.14. The smallest absolute Gasteiger partial charge is 0.408 e. The van der Waals surface area contributed by atoms with Gasteiger partial charge in [0.15, 0.2) is 0 Å². The largest absolute Gasteiger partial charge is 0.467 e. The Morgan fingerprint density at radius 3 is 2.18 bits per heavy atom. The van der Waals surface area contributed by atoms with E-state index in [9.17, 15) is 14.4 Å². The van der Waals surface area contributed by atoms with Gasteiger partial charge in [0.1, 0.15) is 18.7 Å². The second kappa shape index (κ2) is 12.0. The molecule has 0 radical (unpaired) electrons. The Kier molecular flexibility index (Phi) is 8.58. The van der Waals surface area contributed by atoms with Crippen LogP contribution in [-0.4, -0.2) is 47.1 Å². The van der Waals surface area contributed by atoms with E-state index in [1.807, 2.05) is 60.7 Å². The van der Waals surface area contributed by atoms with E-state index >= 15 is 0 Å². The average molecular weight is 450 g/mol. The highest BCUT2D eigenvalue weighted by molar-refractivity contribution is 5.90. The number of carbonyl (C=O) groups is 3. The normalized spacial score (nSPS) is 12.3. The quantitative estimate of drug-likeness (QED) is 0.407. The monoisotopic (exact) mass is 450 g/mol. The van der Waals surface area contributed by atoms with Gasteiger partial charge in [0.2, 0.25) is 5.91 Å². The number of rotatable bonds is 10. The standard InChI is InChI=1S/C24H26N4O5/c1-32-23(30)21(13-19-14-25-16-26-19)27-22(29)20(12-17-8-4-2-5-9-17)28-24(31)33-15-18-10-6-3-7-11-18/h2-11,14,16,20-21H,12-13,15H2,1H3,(H,25,26)(H,27,29)(H,28,31)/t20?,21-/m1/s1. The molecule has 0 saturated carbocycles. The Bertz CT molecular complexity index is 1030. The third-order valence-corrected chi connectivity index (χ3v) is 4.89. The van der Waals surface area contributed by atoms with E-state index in [0.717, 1.165) is 11.1 Å². The lowest BCUT2D eigenvalue weighted by Crippen LogP contribution is -2.53. The van der Waals surface area contributed by atoms with E-state index in [4.69, 9.17) is 9.47 Å². The maximum Gasteiger partial charge on any atom is 0.408 e. The number of imidazole rings is 1. The predicted molar refractivity (Wildman–Crippen MR) is 120 cm³/mol. The summed E-state index contributed by atoms with van der Waals surface area (Å²) in [7, 11) is 1.25. The zero-order chi connectivity index (χ0) is 23.5. The molecule has 1 heterocycles. The lowest BCUT2D eigenvalue weighted by molar-refractivity contribution is -0.145. The van der Waals surface area contributed by atoms with Gasteiger partial charge in [0, 0.05) is 24.7 Å². The van der Waals surface area contributed by atoms with Gasteiger partial charge in [-0.2, -0.15) is 0 Å². The van der Waals surface area contributed by atoms with Crippen molar-refractivity contribution in [3.63, 3.8) is 0 Å². The maximum atomic E-state index is 13.1. The van der Waals surface area contributed by atoms with Crippen LogP contribution < -0.4 is 10.6 Å². The topological polar surface area (TPSA) is 122 Å². The van der Waals surface area contributed by atoms with Crippen LogP contribution in [0.4, 0.5) is 4.79 Å². The number of aromatic amines is 1. The van der Waals surface area contributed by atoms with Gasteiger partial charge in [-0.15, -0.1) is 0 Å². The number of benzene rings is 2. The van der Waals surface area contributed by atoms with Crippen LogP contribution in [0.25, 0.3) is 0 Å². The highest BCUT2D eigenvalue weighted by atomic mass is 16.5. The molecule has 2 amide bonds. The zero-order valence-electron chi connectivity index (χ0n) is 18.2. The molecule has 172 valence electrons. The molecule has 9 heteroatoms. The molecule has 2 aromatic carbocycles. The summed E-state index contributed by atoms with van der Waals surface area (Å²) in [6.45, 7) is 0.0664. The Labute approximate surface area is 191 Å². The number of esters is 1. The van der Waals surface area contributed by atoms with Crippen molar-refractivity contribution in [3.8, 4) is 0 Å². The zero-order valence-corrected chi connectivity index (χ0v) is 18.2. The van der Waals surface area contributed by atoms with Crippen LogP contribution in [-0.2, 0) is 38.5 Å². The van der Waals surface area contributed by atoms with E-state index in [0.29, 0.717) is 5.69 Å². The molecule has 3 rings (SSSR count). The van der Waals surface area contributed by atoms with Crippen LogP contribution in [0.1, 0.15) is 16.8 Å². The van der Waals surface area contributed by atoms with Crippen LogP contribution >= 0.6 is 0 Å². The molecule has 2 atom stereocenters. The van der Waals surface area contributed by atoms with Crippen LogP contribution in [0, 0.1) is 0 Å². The Hall–Kier alpha value is -4.14. The van der Waals surface area contributed by atoms with Gasteiger partial charge in [-0.1, -0.05) is 60.7 Å². The first kappa shape index (κ1) is 23.5. The minimum atomic E-state index is -0.968. The van der Waals surface area contributed by atoms with Gasteiger partial charge in [-0.05, 0) is 11.1 Å². The second-order valence-electron chi connectivity index (χ2n) is 7.31. The number of hydrogen-bond acceptors (Lipinski definition) is 6. The number of methoxy groups -OCH3 is 1. The van der Waals surface area contributed by atoms with E-state index < -0.39 is 30.1 Å². The summed E-state index contributed by atoms with van der Waals surface area (Å²) in [6, 6.07) is 16.5. The molecule has 0 saturated heterocycles. The molecule has 3 aromatic rings. The first-order chi connectivity index (χ1) is 16.0. The fourth-order valence-electron chi connectivity index (χ4n) is 3.19. The molecule has 0 aliphatic heterocycles. The first-order valence-corrected chi connectivity index (χ1v) is 10.4. The van der Waals surface area contributed by atoms with Gasteiger partial charge >= 0.3 is 12.1 Å². The van der Waals surface area contributed by atoms with E-state index in [1.54, 1.807) is 6.20 Å². The van der Waals surface area contributed by atoms with Crippen molar-refractivity contribution in [2.24, 2.45) is 0 Å². The molecule has 0 bridgehead atoms. The lowest BCUT2D eigenvalue weighted by Gasteiger charge is -2.22. The van der Waals surface area contributed by atoms with Crippen LogP contribution in [0.5, 0.6) is 0 Å². The van der Waals surface area contributed by atoms with Crippen molar-refractivity contribution in [2.75, 3.05) is 7.11 Å². The van der Waals surface area contributed by atoms with Crippen molar-refractivity contribution in [3.05, 3.63) is 90.0 Å². The fourth-order valence-corrected chi connectivity index (χ4v) is 3.19. The van der Waals surface area contributed by atoms with E-state index in [-0.39, 0.29) is 19.4 Å². The number of amides is 2. The lowest BCUT2D eigenvalue weighted by atomic mass is 10.0. The summed E-state index contributed by atoms with van der Waals surface area (Å²) in [4.78, 5) is 44.6. The Balaban J connectivity index is 1.69. The molecule has 1 aromatic heterocycles. The molecule has 3 N–H and O–H groups in total. The Morgan fingerprint density at radius 2 is 1.58 bits per heavy atom. The SMILES string of the molecule is COC(=O)[C@@H](Cc1cnc[nH]1)NC(=O)C(Cc1ccccc1)NC(=O)OCc1ccccc1. The third kappa shape index (κ3) is 7.49. The second-order valence-corrected chi connectivity index (χ2v) is 7.31. The third-order valence-electron chi connectivity index (χ3n) is 4.89. The first-order valence-electron chi connectivity index (χ1n) is 10.4. The molecule has 0 aliphatic rings. The van der Waals surface area contributed by atoms with Gasteiger partial charge in [-0.3, -0.25) is 4.79 Å². The molecule has 33 heavy (non-hydrogen) atoms.